The third-order valence-corrected chi connectivity index (χ3v) is 5.42. The molecule has 0 aromatic heterocycles. The van der Waals surface area contributed by atoms with Crippen LogP contribution in [-0.2, 0) is 14.4 Å². The molecule has 6 nitrogen and oxygen atoms in total. The average molecular weight is 337 g/mol. The van der Waals surface area contributed by atoms with Crippen LogP contribution in [0.5, 0.6) is 0 Å². The van der Waals surface area contributed by atoms with Crippen LogP contribution < -0.4 is 11.1 Å². The molecule has 0 bridgehead atoms. The standard InChI is InChI=1S/C18H31N3O3/c1-12(2)15(20-17(23)14-6-4-3-5-7-14)18(24)21-10-8-13(9-11-21)16(19)22/h12-15H,3-11H2,1-2H3,(H2,19,22)(H,20,23)/t15-/m0/s1. The Morgan fingerprint density at radius 2 is 1.54 bits per heavy atom. The quantitative estimate of drug-likeness (QED) is 0.795. The Balaban J connectivity index is 1.93. The van der Waals surface area contributed by atoms with E-state index in [1.807, 2.05) is 13.8 Å². The first kappa shape index (κ1) is 18.7. The molecule has 3 N–H and O–H groups in total. The van der Waals surface area contributed by atoms with Crippen LogP contribution >= 0.6 is 0 Å². The highest BCUT2D eigenvalue weighted by Gasteiger charge is 2.33. The molecule has 24 heavy (non-hydrogen) atoms. The zero-order valence-corrected chi connectivity index (χ0v) is 14.9. The summed E-state index contributed by atoms with van der Waals surface area (Å²) >= 11 is 0. The summed E-state index contributed by atoms with van der Waals surface area (Å²) in [6.07, 6.45) is 6.47. The lowest BCUT2D eigenvalue weighted by Crippen LogP contribution is -2.54. The highest BCUT2D eigenvalue weighted by Crippen LogP contribution is 2.24. The van der Waals surface area contributed by atoms with Gasteiger partial charge < -0.3 is 16.0 Å². The van der Waals surface area contributed by atoms with Crippen LogP contribution in [0.25, 0.3) is 0 Å². The molecule has 0 unspecified atom stereocenters. The molecule has 2 rings (SSSR count). The molecule has 2 fully saturated rings. The summed E-state index contributed by atoms with van der Waals surface area (Å²) in [7, 11) is 0. The van der Waals surface area contributed by atoms with Gasteiger partial charge >= 0.3 is 0 Å². The molecule has 0 aromatic rings. The lowest BCUT2D eigenvalue weighted by molar-refractivity contribution is -0.141. The van der Waals surface area contributed by atoms with Gasteiger partial charge in [-0.05, 0) is 31.6 Å². The Morgan fingerprint density at radius 3 is 2.04 bits per heavy atom. The zero-order valence-electron chi connectivity index (χ0n) is 14.9. The number of amides is 3. The molecular formula is C18H31N3O3. The van der Waals surface area contributed by atoms with Crippen molar-refractivity contribution in [2.24, 2.45) is 23.5 Å². The fraction of sp³-hybridized carbons (Fsp3) is 0.833. The second kappa shape index (κ2) is 8.49. The Morgan fingerprint density at radius 1 is 0.958 bits per heavy atom. The Kier molecular flexibility index (Phi) is 6.63. The van der Waals surface area contributed by atoms with Crippen molar-refractivity contribution in [3.05, 3.63) is 0 Å². The minimum Gasteiger partial charge on any atom is -0.369 e. The number of carbonyl (C=O) groups excluding carboxylic acids is 3. The van der Waals surface area contributed by atoms with Gasteiger partial charge in [0.2, 0.25) is 17.7 Å². The number of nitrogens with one attached hydrogen (secondary N) is 1. The summed E-state index contributed by atoms with van der Waals surface area (Å²) in [6.45, 7) is 4.99. The molecule has 0 radical (unpaired) electrons. The Labute approximate surface area is 144 Å². The third-order valence-electron chi connectivity index (χ3n) is 5.42. The van der Waals surface area contributed by atoms with Gasteiger partial charge in [0.05, 0.1) is 0 Å². The average Bonchev–Trinajstić information content (AvgIpc) is 2.59. The van der Waals surface area contributed by atoms with Crippen molar-refractivity contribution < 1.29 is 14.4 Å². The summed E-state index contributed by atoms with van der Waals surface area (Å²) in [5.41, 5.74) is 5.35. The van der Waals surface area contributed by atoms with Crippen LogP contribution in [0.15, 0.2) is 0 Å². The molecule has 2 aliphatic rings. The number of nitrogens with zero attached hydrogens (tertiary/aromatic N) is 1. The van der Waals surface area contributed by atoms with Gasteiger partial charge in [0.25, 0.3) is 0 Å². The predicted molar refractivity (Wildman–Crippen MR) is 91.8 cm³/mol. The Bertz CT molecular complexity index is 464. The number of piperidine rings is 1. The highest BCUT2D eigenvalue weighted by atomic mass is 16.2. The molecule has 3 amide bonds. The number of rotatable bonds is 5. The molecule has 0 aromatic carbocycles. The van der Waals surface area contributed by atoms with Gasteiger partial charge in [0.15, 0.2) is 0 Å². The van der Waals surface area contributed by atoms with Crippen molar-refractivity contribution in [1.29, 1.82) is 0 Å². The highest BCUT2D eigenvalue weighted by molar-refractivity contribution is 5.89. The first-order valence-electron chi connectivity index (χ1n) is 9.28. The van der Waals surface area contributed by atoms with Gasteiger partial charge in [-0.1, -0.05) is 33.1 Å². The number of primary amides is 1. The number of carbonyl (C=O) groups is 3. The summed E-state index contributed by atoms with van der Waals surface area (Å²) in [4.78, 5) is 38.4. The van der Waals surface area contributed by atoms with Crippen LogP contribution in [0.1, 0.15) is 58.8 Å². The number of nitrogens with two attached hydrogens (primary N) is 1. The van der Waals surface area contributed by atoms with Crippen LogP contribution in [0.2, 0.25) is 0 Å². The second-order valence-electron chi connectivity index (χ2n) is 7.57. The maximum absolute atomic E-state index is 12.8. The van der Waals surface area contributed by atoms with Crippen molar-refractivity contribution in [2.45, 2.75) is 64.8 Å². The van der Waals surface area contributed by atoms with Crippen LogP contribution in [0.3, 0.4) is 0 Å². The SMILES string of the molecule is CC(C)[C@H](NC(=O)C1CCCCC1)C(=O)N1CCC(C(N)=O)CC1. The van der Waals surface area contributed by atoms with E-state index in [0.717, 1.165) is 25.7 Å². The van der Waals surface area contributed by atoms with E-state index in [-0.39, 0.29) is 35.5 Å². The lowest BCUT2D eigenvalue weighted by atomic mass is 9.88. The molecule has 136 valence electrons. The van der Waals surface area contributed by atoms with Crippen LogP contribution in [0, 0.1) is 17.8 Å². The van der Waals surface area contributed by atoms with E-state index in [1.54, 1.807) is 4.90 Å². The van der Waals surface area contributed by atoms with Gasteiger partial charge in [-0.25, -0.2) is 0 Å². The molecule has 1 heterocycles. The summed E-state index contributed by atoms with van der Waals surface area (Å²) in [5, 5.41) is 3.00. The van der Waals surface area contributed by atoms with E-state index in [9.17, 15) is 14.4 Å². The van der Waals surface area contributed by atoms with Crippen molar-refractivity contribution in [3.63, 3.8) is 0 Å². The molecule has 1 saturated carbocycles. The monoisotopic (exact) mass is 337 g/mol. The summed E-state index contributed by atoms with van der Waals surface area (Å²) < 4.78 is 0. The molecule has 0 spiro atoms. The van der Waals surface area contributed by atoms with E-state index >= 15 is 0 Å². The second-order valence-corrected chi connectivity index (χ2v) is 7.57. The molecule has 1 saturated heterocycles. The van der Waals surface area contributed by atoms with Gasteiger partial charge in [-0.15, -0.1) is 0 Å². The van der Waals surface area contributed by atoms with Crippen LogP contribution in [0.4, 0.5) is 0 Å². The largest absolute Gasteiger partial charge is 0.369 e. The molecule has 1 aliphatic carbocycles. The van der Waals surface area contributed by atoms with E-state index < -0.39 is 6.04 Å². The Hall–Kier alpha value is -1.59. The molecule has 1 aliphatic heterocycles. The van der Waals surface area contributed by atoms with Crippen molar-refractivity contribution in [3.8, 4) is 0 Å². The normalized spacial score (nSPS) is 21.5. The van der Waals surface area contributed by atoms with Gasteiger partial charge in [-0.3, -0.25) is 14.4 Å². The lowest BCUT2D eigenvalue weighted by Gasteiger charge is -2.35. The third kappa shape index (κ3) is 4.71. The van der Waals surface area contributed by atoms with Crippen molar-refractivity contribution in [1.82, 2.24) is 10.2 Å². The fourth-order valence-corrected chi connectivity index (χ4v) is 3.73. The maximum atomic E-state index is 12.8. The minimum atomic E-state index is -0.482. The molecular weight excluding hydrogens is 306 g/mol. The smallest absolute Gasteiger partial charge is 0.245 e. The predicted octanol–water partition coefficient (Wildman–Crippen LogP) is 1.43. The van der Waals surface area contributed by atoms with E-state index in [4.69, 9.17) is 5.73 Å². The fourth-order valence-electron chi connectivity index (χ4n) is 3.73. The zero-order chi connectivity index (χ0) is 17.7. The first-order chi connectivity index (χ1) is 11.4. The van der Waals surface area contributed by atoms with E-state index in [0.29, 0.717) is 25.9 Å². The van der Waals surface area contributed by atoms with Crippen molar-refractivity contribution in [2.75, 3.05) is 13.1 Å². The van der Waals surface area contributed by atoms with E-state index in [2.05, 4.69) is 5.32 Å². The van der Waals surface area contributed by atoms with Crippen LogP contribution in [-0.4, -0.2) is 41.8 Å². The van der Waals surface area contributed by atoms with E-state index in [1.165, 1.54) is 6.42 Å². The number of hydrogen-bond donors (Lipinski definition) is 2. The first-order valence-corrected chi connectivity index (χ1v) is 9.28. The van der Waals surface area contributed by atoms with Gasteiger partial charge in [0.1, 0.15) is 6.04 Å². The molecule has 6 heteroatoms. The summed E-state index contributed by atoms with van der Waals surface area (Å²) in [5.74, 6) is -0.338. The maximum Gasteiger partial charge on any atom is 0.245 e. The molecule has 1 atom stereocenters. The topological polar surface area (TPSA) is 92.5 Å². The minimum absolute atomic E-state index is 0.0220. The summed E-state index contributed by atoms with van der Waals surface area (Å²) in [6, 6.07) is -0.482. The number of likely N-dealkylation sites (tertiary alicyclic amines) is 1. The van der Waals surface area contributed by atoms with Gasteiger partial charge in [-0.2, -0.15) is 0 Å². The van der Waals surface area contributed by atoms with Gasteiger partial charge in [0, 0.05) is 24.9 Å². The number of hydrogen-bond acceptors (Lipinski definition) is 3. The van der Waals surface area contributed by atoms with Crippen molar-refractivity contribution >= 4 is 17.7 Å².